The van der Waals surface area contributed by atoms with Crippen molar-refractivity contribution in [3.05, 3.63) is 94.8 Å². The van der Waals surface area contributed by atoms with Crippen LogP contribution in [0, 0.1) is 0 Å². The number of nitrogens with zero attached hydrogens (tertiary/aromatic N) is 1. The lowest BCUT2D eigenvalue weighted by Gasteiger charge is -2.06. The summed E-state index contributed by atoms with van der Waals surface area (Å²) in [7, 11) is 0. The number of primary amides is 1. The Morgan fingerprint density at radius 1 is 1.10 bits per heavy atom. The van der Waals surface area contributed by atoms with Crippen molar-refractivity contribution in [2.75, 3.05) is 5.32 Å². The summed E-state index contributed by atoms with van der Waals surface area (Å²) in [5.74, 6) is -0.711. The monoisotopic (exact) mass is 430 g/mol. The smallest absolute Gasteiger partial charge is 0.249 e. The van der Waals surface area contributed by atoms with E-state index < -0.39 is 5.91 Å². The van der Waals surface area contributed by atoms with Crippen molar-refractivity contribution in [1.82, 2.24) is 9.97 Å². The summed E-state index contributed by atoms with van der Waals surface area (Å²) >= 11 is 5.98. The molecule has 7 heteroatoms. The molecule has 0 atom stereocenters. The van der Waals surface area contributed by atoms with Gasteiger partial charge in [-0.2, -0.15) is 0 Å². The number of fused-ring (bicyclic) bond motifs is 1. The number of pyridine rings is 1. The molecule has 4 rings (SSSR count). The molecule has 0 aliphatic rings. The second-order valence-electron chi connectivity index (χ2n) is 7.01. The van der Waals surface area contributed by atoms with E-state index in [2.05, 4.69) is 15.3 Å². The van der Waals surface area contributed by atoms with Crippen molar-refractivity contribution < 1.29 is 9.59 Å². The predicted octanol–water partition coefficient (Wildman–Crippen LogP) is 4.42. The fourth-order valence-electron chi connectivity index (χ4n) is 3.32. The lowest BCUT2D eigenvalue weighted by molar-refractivity contribution is -0.115. The van der Waals surface area contributed by atoms with Crippen LogP contribution in [0.2, 0.25) is 5.02 Å². The number of aromatic nitrogens is 2. The van der Waals surface area contributed by atoms with Crippen molar-refractivity contribution in [1.29, 1.82) is 0 Å². The van der Waals surface area contributed by atoms with Crippen LogP contribution in [0.25, 0.3) is 22.7 Å². The highest BCUT2D eigenvalue weighted by atomic mass is 35.5. The molecule has 2 aromatic carbocycles. The van der Waals surface area contributed by atoms with Crippen molar-refractivity contribution >= 4 is 51.8 Å². The van der Waals surface area contributed by atoms with E-state index in [1.165, 1.54) is 0 Å². The van der Waals surface area contributed by atoms with Gasteiger partial charge in [0.25, 0.3) is 0 Å². The van der Waals surface area contributed by atoms with Gasteiger partial charge < -0.3 is 16.0 Å². The zero-order chi connectivity index (χ0) is 21.8. The van der Waals surface area contributed by atoms with Gasteiger partial charge in [0.1, 0.15) is 5.65 Å². The summed E-state index contributed by atoms with van der Waals surface area (Å²) < 4.78 is 0. The van der Waals surface area contributed by atoms with Gasteiger partial charge >= 0.3 is 0 Å². The number of nitrogens with two attached hydrogens (primary N) is 1. The lowest BCUT2D eigenvalue weighted by atomic mass is 10.0. The minimum Gasteiger partial charge on any atom is -0.366 e. The summed E-state index contributed by atoms with van der Waals surface area (Å²) in [6.45, 7) is 0. The Kier molecular flexibility index (Phi) is 5.82. The number of H-pyrrole nitrogens is 1. The summed E-state index contributed by atoms with van der Waals surface area (Å²) in [6.07, 6.45) is 5.24. The molecule has 0 aliphatic heterocycles. The van der Waals surface area contributed by atoms with E-state index in [9.17, 15) is 9.59 Å². The normalized spacial score (nSPS) is 11.5. The molecule has 2 aromatic heterocycles. The van der Waals surface area contributed by atoms with Crippen molar-refractivity contribution in [3.8, 4) is 0 Å². The predicted molar refractivity (Wildman–Crippen MR) is 123 cm³/mol. The fraction of sp³-hybridized carbons (Fsp3) is 0.0417. The Morgan fingerprint density at radius 3 is 2.65 bits per heavy atom. The van der Waals surface area contributed by atoms with Gasteiger partial charge in [-0.25, -0.2) is 4.98 Å². The highest BCUT2D eigenvalue weighted by molar-refractivity contribution is 6.30. The third-order valence-electron chi connectivity index (χ3n) is 4.75. The SMILES string of the molecule is NC(=O)/C(=C/c1c[nH]c2ncc(NC(=O)Cc3cccc(Cl)c3)cc12)c1ccccc1. The third-order valence-corrected chi connectivity index (χ3v) is 4.99. The van der Waals surface area contributed by atoms with Crippen LogP contribution in [0.5, 0.6) is 0 Å². The van der Waals surface area contributed by atoms with E-state index in [1.54, 1.807) is 36.7 Å². The number of hydrogen-bond acceptors (Lipinski definition) is 3. The van der Waals surface area contributed by atoms with Crippen LogP contribution in [-0.4, -0.2) is 21.8 Å². The third kappa shape index (κ3) is 4.82. The van der Waals surface area contributed by atoms with Gasteiger partial charge in [-0.15, -0.1) is 0 Å². The molecule has 2 amide bonds. The second kappa shape index (κ2) is 8.85. The number of carbonyl (C=O) groups excluding carboxylic acids is 2. The Morgan fingerprint density at radius 2 is 1.90 bits per heavy atom. The van der Waals surface area contributed by atoms with Crippen molar-refractivity contribution in [2.24, 2.45) is 5.73 Å². The van der Waals surface area contributed by atoms with Gasteiger partial charge in [-0.05, 0) is 35.4 Å². The summed E-state index contributed by atoms with van der Waals surface area (Å²) in [5.41, 5.74) is 9.47. The van der Waals surface area contributed by atoms with E-state index in [4.69, 9.17) is 17.3 Å². The molecule has 2 heterocycles. The van der Waals surface area contributed by atoms with Crippen LogP contribution in [-0.2, 0) is 16.0 Å². The molecule has 154 valence electrons. The molecule has 6 nitrogen and oxygen atoms in total. The van der Waals surface area contributed by atoms with Crippen LogP contribution in [0.15, 0.2) is 73.1 Å². The first-order valence-electron chi connectivity index (χ1n) is 9.58. The van der Waals surface area contributed by atoms with Crippen LogP contribution >= 0.6 is 11.6 Å². The zero-order valence-corrected chi connectivity index (χ0v) is 17.2. The maximum absolute atomic E-state index is 12.4. The van der Waals surface area contributed by atoms with Crippen molar-refractivity contribution in [3.63, 3.8) is 0 Å². The Hall–Kier alpha value is -3.90. The number of hydrogen-bond donors (Lipinski definition) is 3. The first-order chi connectivity index (χ1) is 15.0. The van der Waals surface area contributed by atoms with Gasteiger partial charge in [0.05, 0.1) is 18.3 Å². The highest BCUT2D eigenvalue weighted by Crippen LogP contribution is 2.25. The Labute approximate surface area is 183 Å². The number of aromatic amines is 1. The summed E-state index contributed by atoms with van der Waals surface area (Å²) in [5, 5.41) is 4.20. The topological polar surface area (TPSA) is 101 Å². The minimum absolute atomic E-state index is 0.182. The number of nitrogens with one attached hydrogen (secondary N) is 2. The zero-order valence-electron chi connectivity index (χ0n) is 16.4. The fourth-order valence-corrected chi connectivity index (χ4v) is 3.53. The number of halogens is 1. The summed E-state index contributed by atoms with van der Waals surface area (Å²) in [6, 6.07) is 18.2. The van der Waals surface area contributed by atoms with E-state index >= 15 is 0 Å². The van der Waals surface area contributed by atoms with E-state index in [-0.39, 0.29) is 12.3 Å². The number of amides is 2. The maximum Gasteiger partial charge on any atom is 0.249 e. The van der Waals surface area contributed by atoms with Gasteiger partial charge in [0.2, 0.25) is 11.8 Å². The molecule has 0 unspecified atom stereocenters. The maximum atomic E-state index is 12.4. The van der Waals surface area contributed by atoms with E-state index in [1.807, 2.05) is 42.5 Å². The number of carbonyl (C=O) groups is 2. The molecule has 0 saturated carbocycles. The average Bonchev–Trinajstić information content (AvgIpc) is 3.14. The summed E-state index contributed by atoms with van der Waals surface area (Å²) in [4.78, 5) is 31.9. The van der Waals surface area contributed by atoms with Gasteiger partial charge in [0, 0.05) is 27.7 Å². The lowest BCUT2D eigenvalue weighted by Crippen LogP contribution is -2.14. The molecular formula is C24H19ClN4O2. The van der Waals surface area contributed by atoms with Crippen LogP contribution in [0.4, 0.5) is 5.69 Å². The Bertz CT molecular complexity index is 1300. The highest BCUT2D eigenvalue weighted by Gasteiger charge is 2.12. The molecule has 0 spiro atoms. The molecule has 4 N–H and O–H groups in total. The molecule has 0 fully saturated rings. The molecule has 0 bridgehead atoms. The first kappa shape index (κ1) is 20.4. The van der Waals surface area contributed by atoms with E-state index in [0.29, 0.717) is 21.9 Å². The van der Waals surface area contributed by atoms with Gasteiger partial charge in [-0.1, -0.05) is 54.1 Å². The standard InChI is InChI=1S/C24H19ClN4O2/c25-18-8-4-5-15(9-18)10-22(30)29-19-12-21-17(13-27-24(21)28-14-19)11-20(23(26)31)16-6-2-1-3-7-16/h1-9,11-14H,10H2,(H2,26,31)(H,27,28)(H,29,30)/b20-11+. The van der Waals surface area contributed by atoms with Gasteiger partial charge in [0.15, 0.2) is 0 Å². The van der Waals surface area contributed by atoms with Crippen molar-refractivity contribution in [2.45, 2.75) is 6.42 Å². The minimum atomic E-state index is -0.528. The average molecular weight is 431 g/mol. The van der Waals surface area contributed by atoms with Crippen LogP contribution < -0.4 is 11.1 Å². The first-order valence-corrected chi connectivity index (χ1v) is 9.96. The number of anilines is 1. The molecule has 4 aromatic rings. The van der Waals surface area contributed by atoms with Crippen LogP contribution in [0.1, 0.15) is 16.7 Å². The molecule has 0 aliphatic carbocycles. The second-order valence-corrected chi connectivity index (χ2v) is 7.44. The van der Waals surface area contributed by atoms with E-state index in [0.717, 1.165) is 22.1 Å². The number of rotatable bonds is 6. The quantitative estimate of drug-likeness (QED) is 0.394. The molecular weight excluding hydrogens is 412 g/mol. The Balaban J connectivity index is 1.61. The molecule has 0 saturated heterocycles. The number of benzene rings is 2. The molecule has 31 heavy (non-hydrogen) atoms. The van der Waals surface area contributed by atoms with Gasteiger partial charge in [-0.3, -0.25) is 9.59 Å². The molecule has 0 radical (unpaired) electrons. The largest absolute Gasteiger partial charge is 0.366 e. The van der Waals surface area contributed by atoms with Crippen LogP contribution in [0.3, 0.4) is 0 Å².